The first-order valence-corrected chi connectivity index (χ1v) is 9.79. The van der Waals surface area contributed by atoms with Crippen molar-refractivity contribution >= 4 is 33.2 Å². The van der Waals surface area contributed by atoms with Crippen LogP contribution in [0.3, 0.4) is 0 Å². The van der Waals surface area contributed by atoms with Gasteiger partial charge in [-0.3, -0.25) is 9.10 Å². The third kappa shape index (κ3) is 4.68. The van der Waals surface area contributed by atoms with Crippen LogP contribution in [0.1, 0.15) is 6.92 Å². The largest absolute Gasteiger partial charge is 0.494 e. The Morgan fingerprint density at radius 3 is 2.12 bits per heavy atom. The summed E-state index contributed by atoms with van der Waals surface area (Å²) < 4.78 is 32.7. The third-order valence-corrected chi connectivity index (χ3v) is 5.66. The lowest BCUT2D eigenvalue weighted by atomic mass is 10.3. The maximum absolute atomic E-state index is 13.1. The number of hydrogen-bond acceptors (Lipinski definition) is 4. The molecule has 8 heteroatoms. The normalized spacial score (nSPS) is 11.1. The zero-order valence-electron chi connectivity index (χ0n) is 14.8. The van der Waals surface area contributed by atoms with Crippen molar-refractivity contribution in [2.45, 2.75) is 11.8 Å². The first-order valence-electron chi connectivity index (χ1n) is 7.97. The number of halogens is 1. The van der Waals surface area contributed by atoms with Gasteiger partial charge in [-0.1, -0.05) is 11.6 Å². The summed E-state index contributed by atoms with van der Waals surface area (Å²) in [6.07, 6.45) is 0. The van der Waals surface area contributed by atoms with Crippen molar-refractivity contribution in [3.63, 3.8) is 0 Å². The lowest BCUT2D eigenvalue weighted by Gasteiger charge is -2.25. The molecule has 0 aliphatic heterocycles. The zero-order valence-corrected chi connectivity index (χ0v) is 16.4. The fraction of sp³-hybridized carbons (Fsp3) is 0.278. The second-order valence-corrected chi connectivity index (χ2v) is 7.98. The molecule has 0 saturated heterocycles. The fourth-order valence-electron chi connectivity index (χ4n) is 2.19. The summed E-state index contributed by atoms with van der Waals surface area (Å²) in [5.74, 6) is 0.287. The van der Waals surface area contributed by atoms with Crippen molar-refractivity contribution in [2.24, 2.45) is 0 Å². The van der Waals surface area contributed by atoms with E-state index in [0.29, 0.717) is 23.1 Å². The summed E-state index contributed by atoms with van der Waals surface area (Å²) >= 11 is 5.85. The van der Waals surface area contributed by atoms with Crippen molar-refractivity contribution in [1.29, 1.82) is 0 Å². The monoisotopic (exact) mass is 396 g/mol. The molecule has 0 aliphatic carbocycles. The number of hydrogen-bond donors (Lipinski definition) is 0. The molecule has 1 amide bonds. The van der Waals surface area contributed by atoms with E-state index in [1.54, 1.807) is 38.4 Å². The van der Waals surface area contributed by atoms with Crippen molar-refractivity contribution in [1.82, 2.24) is 4.90 Å². The number of benzene rings is 2. The molecule has 0 N–H and O–H groups in total. The molecule has 0 unspecified atom stereocenters. The molecule has 2 rings (SSSR count). The molecule has 6 nitrogen and oxygen atoms in total. The Balaban J connectivity index is 2.46. The number of carbonyl (C=O) groups excluding carboxylic acids is 1. The number of amides is 1. The summed E-state index contributed by atoms with van der Waals surface area (Å²) in [5, 5.41) is 0.431. The molecule has 26 heavy (non-hydrogen) atoms. The first kappa shape index (κ1) is 20.1. The minimum absolute atomic E-state index is 0.0577. The van der Waals surface area contributed by atoms with Crippen molar-refractivity contribution < 1.29 is 17.9 Å². The van der Waals surface area contributed by atoms with Crippen molar-refractivity contribution in [3.8, 4) is 5.75 Å². The SMILES string of the molecule is CCOc1ccc(N(CC(=O)N(C)C)S(=O)(=O)c2ccc(Cl)cc2)cc1. The standard InChI is InChI=1S/C18H21ClN2O4S/c1-4-25-16-9-7-15(8-10-16)21(13-18(22)20(2)3)26(23,24)17-11-5-14(19)6-12-17/h5-12H,4,13H2,1-3H3. The molecule has 0 atom stereocenters. The highest BCUT2D eigenvalue weighted by Crippen LogP contribution is 2.26. The van der Waals surface area contributed by atoms with Crippen LogP contribution < -0.4 is 9.04 Å². The number of rotatable bonds is 7. The Morgan fingerprint density at radius 2 is 1.62 bits per heavy atom. The number of carbonyl (C=O) groups is 1. The van der Waals surface area contributed by atoms with Gasteiger partial charge in [0.05, 0.1) is 17.2 Å². The Kier molecular flexibility index (Phi) is 6.50. The Morgan fingerprint density at radius 1 is 1.04 bits per heavy atom. The number of ether oxygens (including phenoxy) is 1. The summed E-state index contributed by atoms with van der Waals surface area (Å²) in [4.78, 5) is 13.6. The molecular formula is C18H21ClN2O4S. The Labute approximate surface area is 159 Å². The van der Waals surface area contributed by atoms with Crippen LogP contribution in [0.2, 0.25) is 5.02 Å². The molecule has 0 bridgehead atoms. The van der Waals surface area contributed by atoms with Gasteiger partial charge in [0.15, 0.2) is 0 Å². The van der Waals surface area contributed by atoms with Crippen LogP contribution in [0.5, 0.6) is 5.75 Å². The molecule has 0 aliphatic rings. The molecule has 0 heterocycles. The quantitative estimate of drug-likeness (QED) is 0.721. The van der Waals surface area contributed by atoms with E-state index in [4.69, 9.17) is 16.3 Å². The average Bonchev–Trinajstić information content (AvgIpc) is 2.60. The van der Waals surface area contributed by atoms with Crippen LogP contribution in [0.25, 0.3) is 0 Å². The van der Waals surface area contributed by atoms with Crippen molar-refractivity contribution in [2.75, 3.05) is 31.6 Å². The zero-order chi connectivity index (χ0) is 19.3. The minimum Gasteiger partial charge on any atom is -0.494 e. The average molecular weight is 397 g/mol. The first-order chi connectivity index (χ1) is 12.3. The highest BCUT2D eigenvalue weighted by molar-refractivity contribution is 7.92. The van der Waals surface area contributed by atoms with Crippen LogP contribution in [0.4, 0.5) is 5.69 Å². The molecule has 2 aromatic rings. The number of sulfonamides is 1. The van der Waals surface area contributed by atoms with Gasteiger partial charge in [-0.2, -0.15) is 0 Å². The lowest BCUT2D eigenvalue weighted by Crippen LogP contribution is -2.40. The van der Waals surface area contributed by atoms with E-state index in [0.717, 1.165) is 4.31 Å². The minimum atomic E-state index is -3.94. The van der Waals surface area contributed by atoms with E-state index >= 15 is 0 Å². The van der Waals surface area contributed by atoms with E-state index < -0.39 is 10.0 Å². The van der Waals surface area contributed by atoms with Gasteiger partial charge in [0.2, 0.25) is 5.91 Å². The summed E-state index contributed by atoms with van der Waals surface area (Å²) in [6.45, 7) is 2.05. The van der Waals surface area contributed by atoms with E-state index in [-0.39, 0.29) is 17.3 Å². The molecule has 0 aromatic heterocycles. The highest BCUT2D eigenvalue weighted by Gasteiger charge is 2.27. The highest BCUT2D eigenvalue weighted by atomic mass is 35.5. The third-order valence-electron chi connectivity index (χ3n) is 3.62. The maximum Gasteiger partial charge on any atom is 0.264 e. The summed E-state index contributed by atoms with van der Waals surface area (Å²) in [7, 11) is -0.784. The summed E-state index contributed by atoms with van der Waals surface area (Å²) in [6, 6.07) is 12.4. The van der Waals surface area contributed by atoms with E-state index in [1.807, 2.05) is 6.92 Å². The van der Waals surface area contributed by atoms with Gasteiger partial charge in [0, 0.05) is 19.1 Å². The predicted molar refractivity (Wildman–Crippen MR) is 102 cm³/mol. The molecule has 140 valence electrons. The van der Waals surface area contributed by atoms with Gasteiger partial charge in [-0.15, -0.1) is 0 Å². The lowest BCUT2D eigenvalue weighted by molar-refractivity contribution is -0.127. The second-order valence-electron chi connectivity index (χ2n) is 5.68. The molecule has 2 aromatic carbocycles. The van der Waals surface area contributed by atoms with Gasteiger partial charge in [0.1, 0.15) is 12.3 Å². The van der Waals surface area contributed by atoms with Gasteiger partial charge >= 0.3 is 0 Å². The predicted octanol–water partition coefficient (Wildman–Crippen LogP) is 3.02. The van der Waals surface area contributed by atoms with Crippen LogP contribution in [-0.4, -0.2) is 46.5 Å². The van der Waals surface area contributed by atoms with Crippen LogP contribution >= 0.6 is 11.6 Å². The Hall–Kier alpha value is -2.25. The molecule has 0 spiro atoms. The van der Waals surface area contributed by atoms with Crippen LogP contribution in [0.15, 0.2) is 53.4 Å². The van der Waals surface area contributed by atoms with Crippen LogP contribution in [0, 0.1) is 0 Å². The fourth-order valence-corrected chi connectivity index (χ4v) is 3.73. The molecule has 0 saturated carbocycles. The van der Waals surface area contributed by atoms with Gasteiger partial charge in [-0.05, 0) is 55.5 Å². The van der Waals surface area contributed by atoms with Gasteiger partial charge in [0.25, 0.3) is 10.0 Å². The molecular weight excluding hydrogens is 376 g/mol. The van der Waals surface area contributed by atoms with E-state index in [1.165, 1.54) is 29.2 Å². The van der Waals surface area contributed by atoms with Gasteiger partial charge < -0.3 is 9.64 Å². The van der Waals surface area contributed by atoms with Gasteiger partial charge in [-0.25, -0.2) is 8.42 Å². The number of likely N-dealkylation sites (N-methyl/N-ethyl adjacent to an activating group) is 1. The van der Waals surface area contributed by atoms with Crippen molar-refractivity contribution in [3.05, 3.63) is 53.6 Å². The van der Waals surface area contributed by atoms with E-state index in [2.05, 4.69) is 0 Å². The number of anilines is 1. The molecule has 0 fully saturated rings. The smallest absolute Gasteiger partial charge is 0.264 e. The second kappa shape index (κ2) is 8.42. The topological polar surface area (TPSA) is 66.9 Å². The maximum atomic E-state index is 13.1. The van der Waals surface area contributed by atoms with E-state index in [9.17, 15) is 13.2 Å². The number of nitrogens with zero attached hydrogens (tertiary/aromatic N) is 2. The van der Waals surface area contributed by atoms with Crippen LogP contribution in [-0.2, 0) is 14.8 Å². The Bertz CT molecular complexity index is 850. The molecule has 0 radical (unpaired) electrons. The summed E-state index contributed by atoms with van der Waals surface area (Å²) in [5.41, 5.74) is 0.374.